The zero-order valence-electron chi connectivity index (χ0n) is 13.8. The lowest BCUT2D eigenvalue weighted by molar-refractivity contribution is 0.506. The Morgan fingerprint density at radius 1 is 1.14 bits per heavy atom. The van der Waals surface area contributed by atoms with Crippen molar-refractivity contribution in [2.24, 2.45) is 4.99 Å². The largest absolute Gasteiger partial charge is 0.356 e. The van der Waals surface area contributed by atoms with Crippen molar-refractivity contribution in [3.05, 3.63) is 57.8 Å². The average Bonchev–Trinajstić information content (AvgIpc) is 3.01. The van der Waals surface area contributed by atoms with Gasteiger partial charge in [0.15, 0.2) is 5.96 Å². The van der Waals surface area contributed by atoms with Crippen molar-refractivity contribution >= 4 is 17.3 Å². The number of guanidine groups is 1. The van der Waals surface area contributed by atoms with Gasteiger partial charge in [0.2, 0.25) is 0 Å². The highest BCUT2D eigenvalue weighted by molar-refractivity contribution is 7.09. The Labute approximate surface area is 137 Å². The van der Waals surface area contributed by atoms with Crippen LogP contribution in [0.3, 0.4) is 0 Å². The number of thiophene rings is 1. The SMILES string of the molecule is CN=C(NCc1cccs1)NCC(C)(C)c1ccccc1C. The highest BCUT2D eigenvalue weighted by Gasteiger charge is 2.22. The van der Waals surface area contributed by atoms with Gasteiger partial charge in [-0.3, -0.25) is 4.99 Å². The minimum absolute atomic E-state index is 0.0475. The van der Waals surface area contributed by atoms with Crippen LogP contribution in [0, 0.1) is 6.92 Å². The summed E-state index contributed by atoms with van der Waals surface area (Å²) in [5, 5.41) is 8.89. The second-order valence-electron chi connectivity index (χ2n) is 6.06. The van der Waals surface area contributed by atoms with Gasteiger partial charge < -0.3 is 10.6 Å². The molecule has 1 aromatic heterocycles. The molecule has 3 nitrogen and oxygen atoms in total. The first-order valence-corrected chi connectivity index (χ1v) is 8.44. The Kier molecular flexibility index (Phi) is 5.61. The molecule has 118 valence electrons. The van der Waals surface area contributed by atoms with Crippen LogP contribution in [-0.2, 0) is 12.0 Å². The average molecular weight is 315 g/mol. The standard InChI is InChI=1S/C18H25N3S/c1-14-8-5-6-10-16(14)18(2,3)13-21-17(19-4)20-12-15-9-7-11-22-15/h5-11H,12-13H2,1-4H3,(H2,19,20,21). The van der Waals surface area contributed by atoms with Crippen molar-refractivity contribution < 1.29 is 0 Å². The highest BCUT2D eigenvalue weighted by atomic mass is 32.1. The van der Waals surface area contributed by atoms with Gasteiger partial charge in [0.25, 0.3) is 0 Å². The number of aryl methyl sites for hydroxylation is 1. The number of nitrogens with one attached hydrogen (secondary N) is 2. The van der Waals surface area contributed by atoms with Gasteiger partial charge in [0, 0.05) is 23.9 Å². The predicted octanol–water partition coefficient (Wildman–Crippen LogP) is 3.70. The molecule has 2 rings (SSSR count). The van der Waals surface area contributed by atoms with Gasteiger partial charge in [-0.25, -0.2) is 0 Å². The molecule has 2 aromatic rings. The fourth-order valence-corrected chi connectivity index (χ4v) is 3.18. The van der Waals surface area contributed by atoms with Crippen LogP contribution in [0.25, 0.3) is 0 Å². The molecule has 22 heavy (non-hydrogen) atoms. The molecule has 0 aliphatic rings. The molecule has 1 aromatic carbocycles. The summed E-state index contributed by atoms with van der Waals surface area (Å²) in [5.41, 5.74) is 2.75. The first-order chi connectivity index (χ1) is 10.5. The van der Waals surface area contributed by atoms with E-state index in [4.69, 9.17) is 0 Å². The van der Waals surface area contributed by atoms with Crippen molar-refractivity contribution in [2.75, 3.05) is 13.6 Å². The molecule has 0 radical (unpaired) electrons. The quantitative estimate of drug-likeness (QED) is 0.652. The maximum absolute atomic E-state index is 4.31. The molecule has 0 aliphatic carbocycles. The van der Waals surface area contributed by atoms with E-state index in [-0.39, 0.29) is 5.41 Å². The number of hydrogen-bond acceptors (Lipinski definition) is 2. The van der Waals surface area contributed by atoms with Crippen LogP contribution >= 0.6 is 11.3 Å². The van der Waals surface area contributed by atoms with Crippen LogP contribution in [-0.4, -0.2) is 19.6 Å². The summed E-state index contributed by atoms with van der Waals surface area (Å²) in [7, 11) is 1.81. The van der Waals surface area contributed by atoms with Crippen LogP contribution in [0.4, 0.5) is 0 Å². The molecular formula is C18H25N3S. The number of hydrogen-bond donors (Lipinski definition) is 2. The first-order valence-electron chi connectivity index (χ1n) is 7.56. The fraction of sp³-hybridized carbons (Fsp3) is 0.389. The van der Waals surface area contributed by atoms with E-state index in [0.717, 1.165) is 19.0 Å². The molecule has 0 atom stereocenters. The van der Waals surface area contributed by atoms with Gasteiger partial charge in [0.1, 0.15) is 0 Å². The number of rotatable bonds is 5. The zero-order chi connectivity index (χ0) is 16.0. The van der Waals surface area contributed by atoms with E-state index in [0.29, 0.717) is 0 Å². The second kappa shape index (κ2) is 7.45. The Bertz CT molecular complexity index is 615. The summed E-state index contributed by atoms with van der Waals surface area (Å²) >= 11 is 1.75. The Morgan fingerprint density at radius 3 is 2.55 bits per heavy atom. The van der Waals surface area contributed by atoms with Gasteiger partial charge in [0.05, 0.1) is 6.54 Å². The van der Waals surface area contributed by atoms with Crippen LogP contribution in [0.5, 0.6) is 0 Å². The Hall–Kier alpha value is -1.81. The smallest absolute Gasteiger partial charge is 0.191 e. The summed E-state index contributed by atoms with van der Waals surface area (Å²) in [4.78, 5) is 5.61. The van der Waals surface area contributed by atoms with E-state index in [2.05, 4.69) is 78.2 Å². The van der Waals surface area contributed by atoms with Crippen molar-refractivity contribution in [3.8, 4) is 0 Å². The van der Waals surface area contributed by atoms with E-state index < -0.39 is 0 Å². The number of aliphatic imine (C=N–C) groups is 1. The fourth-order valence-electron chi connectivity index (χ4n) is 2.54. The van der Waals surface area contributed by atoms with Crippen LogP contribution in [0.2, 0.25) is 0 Å². The molecule has 0 bridgehead atoms. The molecule has 0 saturated heterocycles. The number of benzene rings is 1. The lowest BCUT2D eigenvalue weighted by atomic mass is 9.82. The van der Waals surface area contributed by atoms with Gasteiger partial charge in [-0.15, -0.1) is 11.3 Å². The van der Waals surface area contributed by atoms with Crippen molar-refractivity contribution in [2.45, 2.75) is 32.7 Å². The van der Waals surface area contributed by atoms with Crippen molar-refractivity contribution in [1.82, 2.24) is 10.6 Å². The summed E-state index contributed by atoms with van der Waals surface area (Å²) in [6, 6.07) is 12.8. The topological polar surface area (TPSA) is 36.4 Å². The van der Waals surface area contributed by atoms with Crippen molar-refractivity contribution in [3.63, 3.8) is 0 Å². The molecule has 0 saturated carbocycles. The normalized spacial score (nSPS) is 12.3. The summed E-state index contributed by atoms with van der Waals surface area (Å²) < 4.78 is 0. The van der Waals surface area contributed by atoms with Gasteiger partial charge in [-0.05, 0) is 29.5 Å². The monoisotopic (exact) mass is 315 g/mol. The molecule has 0 aliphatic heterocycles. The van der Waals surface area contributed by atoms with E-state index in [1.807, 2.05) is 7.05 Å². The van der Waals surface area contributed by atoms with Crippen LogP contribution in [0.1, 0.15) is 29.9 Å². The van der Waals surface area contributed by atoms with Gasteiger partial charge in [-0.1, -0.05) is 44.2 Å². The maximum atomic E-state index is 4.31. The predicted molar refractivity (Wildman–Crippen MR) is 96.7 cm³/mol. The third-order valence-electron chi connectivity index (χ3n) is 3.81. The minimum atomic E-state index is 0.0475. The first kappa shape index (κ1) is 16.6. The summed E-state index contributed by atoms with van der Waals surface area (Å²) in [6.45, 7) is 8.33. The molecular weight excluding hydrogens is 290 g/mol. The zero-order valence-corrected chi connectivity index (χ0v) is 14.6. The molecule has 2 N–H and O–H groups in total. The van der Waals surface area contributed by atoms with Crippen LogP contribution in [0.15, 0.2) is 46.8 Å². The molecule has 0 amide bonds. The molecule has 0 unspecified atom stereocenters. The maximum Gasteiger partial charge on any atom is 0.191 e. The van der Waals surface area contributed by atoms with E-state index in [1.54, 1.807) is 11.3 Å². The summed E-state index contributed by atoms with van der Waals surface area (Å²) in [5.74, 6) is 0.843. The Morgan fingerprint density at radius 2 is 1.91 bits per heavy atom. The highest BCUT2D eigenvalue weighted by Crippen LogP contribution is 2.25. The summed E-state index contributed by atoms with van der Waals surface area (Å²) in [6.07, 6.45) is 0. The van der Waals surface area contributed by atoms with E-state index in [1.165, 1.54) is 16.0 Å². The van der Waals surface area contributed by atoms with Crippen LogP contribution < -0.4 is 10.6 Å². The third-order valence-corrected chi connectivity index (χ3v) is 4.68. The lowest BCUT2D eigenvalue weighted by Gasteiger charge is -2.28. The molecule has 4 heteroatoms. The molecule has 0 fully saturated rings. The lowest BCUT2D eigenvalue weighted by Crippen LogP contribution is -2.43. The minimum Gasteiger partial charge on any atom is -0.356 e. The van der Waals surface area contributed by atoms with Gasteiger partial charge in [-0.2, -0.15) is 0 Å². The number of nitrogens with zero attached hydrogens (tertiary/aromatic N) is 1. The van der Waals surface area contributed by atoms with Crippen molar-refractivity contribution in [1.29, 1.82) is 0 Å². The molecule has 1 heterocycles. The molecule has 0 spiro atoms. The van der Waals surface area contributed by atoms with Gasteiger partial charge >= 0.3 is 0 Å². The Balaban J connectivity index is 1.93. The second-order valence-corrected chi connectivity index (χ2v) is 7.09. The third kappa shape index (κ3) is 4.34. The van der Waals surface area contributed by atoms with E-state index in [9.17, 15) is 0 Å². The van der Waals surface area contributed by atoms with E-state index >= 15 is 0 Å².